The van der Waals surface area contributed by atoms with Crippen LogP contribution in [0, 0.1) is 0 Å². The highest BCUT2D eigenvalue weighted by Crippen LogP contribution is 2.37. The molecular formula is C23H23NO. The molecule has 0 N–H and O–H groups in total. The van der Waals surface area contributed by atoms with Crippen molar-refractivity contribution in [2.75, 3.05) is 20.7 Å². The first-order chi connectivity index (χ1) is 12.3. The second-order valence-corrected chi connectivity index (χ2v) is 6.77. The minimum atomic E-state index is 0.432. The summed E-state index contributed by atoms with van der Waals surface area (Å²) in [5.41, 5.74) is 6.62. The van der Waals surface area contributed by atoms with Crippen LogP contribution >= 0.6 is 0 Å². The van der Waals surface area contributed by atoms with Crippen LogP contribution in [0.25, 0.3) is 11.1 Å². The maximum atomic E-state index is 5.54. The predicted molar refractivity (Wildman–Crippen MR) is 103 cm³/mol. The molecule has 1 aliphatic rings. The smallest absolute Gasteiger partial charge is 0.126 e. The molecule has 1 atom stereocenters. The molecule has 25 heavy (non-hydrogen) atoms. The molecule has 3 aromatic carbocycles. The van der Waals surface area contributed by atoms with E-state index in [9.17, 15) is 0 Å². The minimum Gasteiger partial charge on any atom is -0.496 e. The van der Waals surface area contributed by atoms with E-state index < -0.39 is 0 Å². The Kier molecular flexibility index (Phi) is 4.29. The third-order valence-electron chi connectivity index (χ3n) is 5.07. The minimum absolute atomic E-state index is 0.432. The van der Waals surface area contributed by atoms with Crippen molar-refractivity contribution in [1.29, 1.82) is 0 Å². The molecule has 2 heteroatoms. The zero-order chi connectivity index (χ0) is 17.2. The lowest BCUT2D eigenvalue weighted by molar-refractivity contribution is 0.295. The summed E-state index contributed by atoms with van der Waals surface area (Å²) in [6, 6.07) is 25.9. The van der Waals surface area contributed by atoms with Crippen molar-refractivity contribution in [3.8, 4) is 16.9 Å². The van der Waals surface area contributed by atoms with E-state index in [-0.39, 0.29) is 0 Å². The van der Waals surface area contributed by atoms with Crippen LogP contribution in [-0.4, -0.2) is 25.6 Å². The zero-order valence-electron chi connectivity index (χ0n) is 14.8. The second-order valence-electron chi connectivity index (χ2n) is 6.77. The summed E-state index contributed by atoms with van der Waals surface area (Å²) in [6.45, 7) is 2.05. The summed E-state index contributed by atoms with van der Waals surface area (Å²) >= 11 is 0. The van der Waals surface area contributed by atoms with Gasteiger partial charge in [0.15, 0.2) is 0 Å². The van der Waals surface area contributed by atoms with E-state index in [4.69, 9.17) is 4.74 Å². The normalized spacial score (nSPS) is 17.1. The average molecular weight is 329 g/mol. The van der Waals surface area contributed by atoms with Gasteiger partial charge in [-0.1, -0.05) is 60.7 Å². The molecule has 126 valence electrons. The highest BCUT2D eigenvalue weighted by molar-refractivity contribution is 5.71. The lowest BCUT2D eigenvalue weighted by atomic mass is 9.83. The standard InChI is InChI=1S/C23H23NO/c1-24-15-19-14-18(21-10-6-7-11-23(21)25-2)12-13-20(19)22(16-24)17-8-4-3-5-9-17/h3-14,22H,15-16H2,1-2H3/t22-/m1/s1. The van der Waals surface area contributed by atoms with Gasteiger partial charge in [0, 0.05) is 24.6 Å². The van der Waals surface area contributed by atoms with E-state index in [1.165, 1.54) is 22.3 Å². The van der Waals surface area contributed by atoms with Crippen LogP contribution in [0.4, 0.5) is 0 Å². The number of rotatable bonds is 3. The first-order valence-electron chi connectivity index (χ1n) is 8.76. The summed E-state index contributed by atoms with van der Waals surface area (Å²) in [6.07, 6.45) is 0. The van der Waals surface area contributed by atoms with E-state index in [2.05, 4.69) is 72.6 Å². The van der Waals surface area contributed by atoms with Gasteiger partial charge in [0.2, 0.25) is 0 Å². The van der Waals surface area contributed by atoms with Gasteiger partial charge in [-0.3, -0.25) is 0 Å². The summed E-state index contributed by atoms with van der Waals surface area (Å²) in [5, 5.41) is 0. The van der Waals surface area contributed by atoms with Gasteiger partial charge in [0.25, 0.3) is 0 Å². The molecule has 0 amide bonds. The zero-order valence-corrected chi connectivity index (χ0v) is 14.8. The van der Waals surface area contributed by atoms with Gasteiger partial charge < -0.3 is 9.64 Å². The Morgan fingerprint density at radius 1 is 0.920 bits per heavy atom. The van der Waals surface area contributed by atoms with Crippen molar-refractivity contribution in [3.63, 3.8) is 0 Å². The van der Waals surface area contributed by atoms with E-state index in [0.717, 1.165) is 24.4 Å². The molecule has 2 nitrogen and oxygen atoms in total. The Balaban J connectivity index is 1.78. The van der Waals surface area contributed by atoms with E-state index in [1.54, 1.807) is 7.11 Å². The fourth-order valence-corrected chi connectivity index (χ4v) is 3.87. The number of nitrogens with zero attached hydrogens (tertiary/aromatic N) is 1. The van der Waals surface area contributed by atoms with Gasteiger partial charge in [-0.15, -0.1) is 0 Å². The monoisotopic (exact) mass is 329 g/mol. The molecular weight excluding hydrogens is 306 g/mol. The Morgan fingerprint density at radius 2 is 1.68 bits per heavy atom. The molecule has 0 saturated carbocycles. The number of benzene rings is 3. The molecule has 0 fully saturated rings. The van der Waals surface area contributed by atoms with Gasteiger partial charge in [0.05, 0.1) is 7.11 Å². The van der Waals surface area contributed by atoms with E-state index in [1.807, 2.05) is 12.1 Å². The van der Waals surface area contributed by atoms with Crippen LogP contribution < -0.4 is 4.74 Å². The maximum Gasteiger partial charge on any atom is 0.126 e. The molecule has 1 aliphatic heterocycles. The number of fused-ring (bicyclic) bond motifs is 1. The van der Waals surface area contributed by atoms with E-state index in [0.29, 0.717) is 5.92 Å². The van der Waals surface area contributed by atoms with Crippen molar-refractivity contribution >= 4 is 0 Å². The summed E-state index contributed by atoms with van der Waals surface area (Å²) < 4.78 is 5.54. The SMILES string of the molecule is COc1ccccc1-c1ccc2c(c1)CN(C)C[C@@H]2c1ccccc1. The van der Waals surface area contributed by atoms with Crippen LogP contribution in [-0.2, 0) is 6.54 Å². The maximum absolute atomic E-state index is 5.54. The van der Waals surface area contributed by atoms with Gasteiger partial charge in [-0.25, -0.2) is 0 Å². The van der Waals surface area contributed by atoms with Crippen molar-refractivity contribution in [2.24, 2.45) is 0 Å². The van der Waals surface area contributed by atoms with Gasteiger partial charge in [-0.2, -0.15) is 0 Å². The topological polar surface area (TPSA) is 12.5 Å². The van der Waals surface area contributed by atoms with Crippen LogP contribution in [0.2, 0.25) is 0 Å². The third-order valence-corrected chi connectivity index (χ3v) is 5.07. The molecule has 0 bridgehead atoms. The molecule has 1 heterocycles. The van der Waals surface area contributed by atoms with Crippen molar-refractivity contribution in [1.82, 2.24) is 4.90 Å². The molecule has 0 spiro atoms. The fraction of sp³-hybridized carbons (Fsp3) is 0.217. The summed E-state index contributed by atoms with van der Waals surface area (Å²) in [5.74, 6) is 1.35. The number of likely N-dealkylation sites (N-methyl/N-ethyl adjacent to an activating group) is 1. The predicted octanol–water partition coefficient (Wildman–Crippen LogP) is 4.94. The van der Waals surface area contributed by atoms with Crippen LogP contribution in [0.5, 0.6) is 5.75 Å². The van der Waals surface area contributed by atoms with Crippen LogP contribution in [0.1, 0.15) is 22.6 Å². The second kappa shape index (κ2) is 6.73. The molecule has 3 aromatic rings. The Labute approximate surface area is 149 Å². The van der Waals surface area contributed by atoms with Crippen molar-refractivity contribution in [3.05, 3.63) is 89.5 Å². The number of para-hydroxylation sites is 1. The number of methoxy groups -OCH3 is 1. The largest absolute Gasteiger partial charge is 0.496 e. The Hall–Kier alpha value is -2.58. The first kappa shape index (κ1) is 15.9. The van der Waals surface area contributed by atoms with Crippen molar-refractivity contribution in [2.45, 2.75) is 12.5 Å². The number of ether oxygens (including phenoxy) is 1. The van der Waals surface area contributed by atoms with Crippen molar-refractivity contribution < 1.29 is 4.74 Å². The number of hydrogen-bond donors (Lipinski definition) is 0. The lowest BCUT2D eigenvalue weighted by Gasteiger charge is -2.33. The highest BCUT2D eigenvalue weighted by Gasteiger charge is 2.25. The van der Waals surface area contributed by atoms with Gasteiger partial charge in [-0.05, 0) is 41.4 Å². The first-order valence-corrected chi connectivity index (χ1v) is 8.76. The molecule has 0 unspecified atom stereocenters. The van der Waals surface area contributed by atoms with Gasteiger partial charge >= 0.3 is 0 Å². The number of hydrogen-bond acceptors (Lipinski definition) is 2. The Bertz CT molecular complexity index is 872. The lowest BCUT2D eigenvalue weighted by Crippen LogP contribution is -2.30. The molecule has 0 saturated heterocycles. The molecule has 4 rings (SSSR count). The highest BCUT2D eigenvalue weighted by atomic mass is 16.5. The molecule has 0 aromatic heterocycles. The fourth-order valence-electron chi connectivity index (χ4n) is 3.87. The summed E-state index contributed by atoms with van der Waals surface area (Å²) in [4.78, 5) is 2.41. The summed E-state index contributed by atoms with van der Waals surface area (Å²) in [7, 11) is 3.94. The van der Waals surface area contributed by atoms with Gasteiger partial charge in [0.1, 0.15) is 5.75 Å². The quantitative estimate of drug-likeness (QED) is 0.675. The molecule has 0 aliphatic carbocycles. The van der Waals surface area contributed by atoms with Crippen LogP contribution in [0.15, 0.2) is 72.8 Å². The third kappa shape index (κ3) is 3.06. The molecule has 0 radical (unpaired) electrons. The van der Waals surface area contributed by atoms with Crippen LogP contribution in [0.3, 0.4) is 0 Å². The van der Waals surface area contributed by atoms with E-state index >= 15 is 0 Å². The average Bonchev–Trinajstić information content (AvgIpc) is 2.67. The Morgan fingerprint density at radius 3 is 2.48 bits per heavy atom.